The number of hydrogen-bond acceptors (Lipinski definition) is 4. The van der Waals surface area contributed by atoms with Crippen LogP contribution in [0.1, 0.15) is 24.2 Å². The first-order valence-electron chi connectivity index (χ1n) is 5.75. The first-order chi connectivity index (χ1) is 8.00. The number of hydrogen-bond donors (Lipinski definition) is 3. The molecule has 1 fully saturated rings. The van der Waals surface area contributed by atoms with Crippen molar-refractivity contribution >= 4 is 10.0 Å². The Bertz CT molecular complexity index is 469. The minimum atomic E-state index is -3.45. The Morgan fingerprint density at radius 3 is 2.76 bits per heavy atom. The van der Waals surface area contributed by atoms with Gasteiger partial charge in [0, 0.05) is 12.6 Å². The van der Waals surface area contributed by atoms with Gasteiger partial charge in [0.2, 0.25) is 10.0 Å². The second-order valence-corrected chi connectivity index (χ2v) is 6.11. The van der Waals surface area contributed by atoms with Crippen molar-refractivity contribution in [3.05, 3.63) is 11.4 Å². The molecule has 0 radical (unpaired) electrons. The van der Waals surface area contributed by atoms with E-state index in [0.29, 0.717) is 17.9 Å². The highest BCUT2D eigenvalue weighted by Crippen LogP contribution is 2.16. The summed E-state index contributed by atoms with van der Waals surface area (Å²) in [6.45, 7) is 4.80. The topological polar surface area (TPSA) is 86.9 Å². The van der Waals surface area contributed by atoms with Crippen molar-refractivity contribution in [3.63, 3.8) is 0 Å². The smallest absolute Gasteiger partial charge is 0.244 e. The molecule has 7 heteroatoms. The maximum Gasteiger partial charge on any atom is 0.244 e. The van der Waals surface area contributed by atoms with E-state index in [0.717, 1.165) is 19.4 Å². The molecule has 17 heavy (non-hydrogen) atoms. The Morgan fingerprint density at radius 1 is 1.47 bits per heavy atom. The fraction of sp³-hybridized carbons (Fsp3) is 0.700. The standard InChI is InChI=1S/C10H18N4O2S/c1-7-10(8(2)14-13-7)17(15,16)12-6-9-4-3-5-11-9/h9,11-12H,3-6H2,1-2H3,(H,13,14). The minimum absolute atomic E-state index is 0.247. The monoisotopic (exact) mass is 258 g/mol. The number of rotatable bonds is 4. The van der Waals surface area contributed by atoms with Crippen LogP contribution in [0.4, 0.5) is 0 Å². The van der Waals surface area contributed by atoms with Gasteiger partial charge >= 0.3 is 0 Å². The zero-order valence-corrected chi connectivity index (χ0v) is 10.9. The van der Waals surface area contributed by atoms with Gasteiger partial charge in [-0.2, -0.15) is 5.10 Å². The molecule has 3 N–H and O–H groups in total. The summed E-state index contributed by atoms with van der Waals surface area (Å²) in [6, 6.07) is 0.247. The van der Waals surface area contributed by atoms with Crippen LogP contribution >= 0.6 is 0 Å². The van der Waals surface area contributed by atoms with Gasteiger partial charge in [0.05, 0.1) is 11.4 Å². The van der Waals surface area contributed by atoms with E-state index in [1.54, 1.807) is 13.8 Å². The molecule has 96 valence electrons. The maximum absolute atomic E-state index is 12.1. The van der Waals surface area contributed by atoms with Gasteiger partial charge in [-0.25, -0.2) is 13.1 Å². The highest BCUT2D eigenvalue weighted by Gasteiger charge is 2.24. The van der Waals surface area contributed by atoms with Crippen LogP contribution < -0.4 is 10.0 Å². The summed E-state index contributed by atoms with van der Waals surface area (Å²) in [5, 5.41) is 9.84. The van der Waals surface area contributed by atoms with Crippen molar-refractivity contribution in [2.24, 2.45) is 0 Å². The molecule has 0 spiro atoms. The lowest BCUT2D eigenvalue weighted by Gasteiger charge is -2.12. The van der Waals surface area contributed by atoms with Crippen LogP contribution in [0.5, 0.6) is 0 Å². The van der Waals surface area contributed by atoms with Crippen LogP contribution in [0, 0.1) is 13.8 Å². The van der Waals surface area contributed by atoms with Gasteiger partial charge in [0.15, 0.2) is 0 Å². The van der Waals surface area contributed by atoms with Crippen molar-refractivity contribution in [1.29, 1.82) is 0 Å². The van der Waals surface area contributed by atoms with E-state index in [-0.39, 0.29) is 10.9 Å². The van der Waals surface area contributed by atoms with Gasteiger partial charge in [-0.3, -0.25) is 5.10 Å². The zero-order chi connectivity index (χ0) is 12.5. The summed E-state index contributed by atoms with van der Waals surface area (Å²) in [6.07, 6.45) is 2.13. The Morgan fingerprint density at radius 2 is 2.24 bits per heavy atom. The van der Waals surface area contributed by atoms with E-state index in [9.17, 15) is 8.42 Å². The molecular formula is C10H18N4O2S. The third-order valence-corrected chi connectivity index (χ3v) is 4.70. The van der Waals surface area contributed by atoms with Crippen molar-refractivity contribution in [1.82, 2.24) is 20.2 Å². The number of aryl methyl sites for hydroxylation is 2. The summed E-state index contributed by atoms with van der Waals surface area (Å²) < 4.78 is 26.8. The number of aromatic nitrogens is 2. The molecule has 0 saturated carbocycles. The minimum Gasteiger partial charge on any atom is -0.313 e. The lowest BCUT2D eigenvalue weighted by molar-refractivity contribution is 0.551. The van der Waals surface area contributed by atoms with Gasteiger partial charge < -0.3 is 5.32 Å². The Hall–Kier alpha value is -0.920. The molecule has 1 atom stereocenters. The molecule has 1 unspecified atom stereocenters. The van der Waals surface area contributed by atoms with Crippen LogP contribution in [0.2, 0.25) is 0 Å². The molecule has 1 aromatic rings. The highest BCUT2D eigenvalue weighted by molar-refractivity contribution is 7.89. The number of nitrogens with one attached hydrogen (secondary N) is 3. The lowest BCUT2D eigenvalue weighted by Crippen LogP contribution is -2.37. The highest BCUT2D eigenvalue weighted by atomic mass is 32.2. The molecule has 0 bridgehead atoms. The molecule has 0 aromatic carbocycles. The molecule has 2 heterocycles. The maximum atomic E-state index is 12.1. The summed E-state index contributed by atoms with van der Waals surface area (Å²) in [5.41, 5.74) is 1.09. The number of sulfonamides is 1. The average molecular weight is 258 g/mol. The molecule has 0 aliphatic carbocycles. The van der Waals surface area contributed by atoms with Crippen molar-refractivity contribution in [2.75, 3.05) is 13.1 Å². The fourth-order valence-electron chi connectivity index (χ4n) is 2.15. The van der Waals surface area contributed by atoms with Crippen molar-refractivity contribution in [3.8, 4) is 0 Å². The molecule has 1 aliphatic heterocycles. The van der Waals surface area contributed by atoms with Gasteiger partial charge in [-0.15, -0.1) is 0 Å². The van der Waals surface area contributed by atoms with E-state index in [1.807, 2.05) is 0 Å². The van der Waals surface area contributed by atoms with Gasteiger partial charge in [0.25, 0.3) is 0 Å². The molecule has 1 aromatic heterocycles. The largest absolute Gasteiger partial charge is 0.313 e. The quantitative estimate of drug-likeness (QED) is 0.712. The summed E-state index contributed by atoms with van der Waals surface area (Å²) in [5.74, 6) is 0. The van der Waals surface area contributed by atoms with E-state index in [2.05, 4.69) is 20.2 Å². The zero-order valence-electron chi connectivity index (χ0n) is 10.1. The van der Waals surface area contributed by atoms with E-state index < -0.39 is 10.0 Å². The second kappa shape index (κ2) is 4.75. The third-order valence-electron chi connectivity index (χ3n) is 3.01. The molecule has 1 aliphatic rings. The Labute approximate surface area is 101 Å². The summed E-state index contributed by atoms with van der Waals surface area (Å²) in [7, 11) is -3.45. The van der Waals surface area contributed by atoms with Crippen molar-refractivity contribution in [2.45, 2.75) is 37.6 Å². The van der Waals surface area contributed by atoms with Crippen LogP contribution in [-0.2, 0) is 10.0 Å². The Balaban J connectivity index is 2.08. The van der Waals surface area contributed by atoms with E-state index in [1.165, 1.54) is 0 Å². The third kappa shape index (κ3) is 2.67. The normalized spacial score (nSPS) is 20.9. The van der Waals surface area contributed by atoms with Crippen LogP contribution in [0.3, 0.4) is 0 Å². The lowest BCUT2D eigenvalue weighted by atomic mass is 10.2. The van der Waals surface area contributed by atoms with E-state index >= 15 is 0 Å². The van der Waals surface area contributed by atoms with E-state index in [4.69, 9.17) is 0 Å². The van der Waals surface area contributed by atoms with Gasteiger partial charge in [-0.05, 0) is 33.2 Å². The first-order valence-corrected chi connectivity index (χ1v) is 7.23. The number of nitrogens with zero attached hydrogens (tertiary/aromatic N) is 1. The number of aromatic amines is 1. The predicted molar refractivity (Wildman–Crippen MR) is 64.3 cm³/mol. The molecular weight excluding hydrogens is 240 g/mol. The summed E-state index contributed by atoms with van der Waals surface area (Å²) in [4.78, 5) is 0.274. The van der Waals surface area contributed by atoms with Crippen LogP contribution in [0.15, 0.2) is 4.90 Å². The summed E-state index contributed by atoms with van der Waals surface area (Å²) >= 11 is 0. The SMILES string of the molecule is Cc1n[nH]c(C)c1S(=O)(=O)NCC1CCCN1. The fourth-order valence-corrected chi connectivity index (χ4v) is 3.60. The molecule has 0 amide bonds. The van der Waals surface area contributed by atoms with Gasteiger partial charge in [0.1, 0.15) is 4.90 Å². The molecule has 6 nitrogen and oxygen atoms in total. The second-order valence-electron chi connectivity index (χ2n) is 4.41. The van der Waals surface area contributed by atoms with Crippen LogP contribution in [-0.4, -0.2) is 37.7 Å². The average Bonchev–Trinajstić information content (AvgIpc) is 2.86. The first kappa shape index (κ1) is 12.5. The van der Waals surface area contributed by atoms with Gasteiger partial charge in [-0.1, -0.05) is 0 Å². The van der Waals surface area contributed by atoms with Crippen LogP contribution in [0.25, 0.3) is 0 Å². The van der Waals surface area contributed by atoms with Crippen molar-refractivity contribution < 1.29 is 8.42 Å². The molecule has 1 saturated heterocycles. The molecule has 2 rings (SSSR count). The number of H-pyrrole nitrogens is 1. The predicted octanol–water partition coefficient (Wildman–Crippen LogP) is 0.0568. The Kier molecular flexibility index (Phi) is 3.50.